The van der Waals surface area contributed by atoms with Crippen molar-refractivity contribution in [1.29, 1.82) is 0 Å². The first-order valence-corrected chi connectivity index (χ1v) is 12.8. The average Bonchev–Trinajstić information content (AvgIpc) is 3.17. The van der Waals surface area contributed by atoms with Crippen LogP contribution in [-0.2, 0) is 0 Å². The van der Waals surface area contributed by atoms with Crippen LogP contribution in [0.1, 0.15) is 70.8 Å². The van der Waals surface area contributed by atoms with Crippen molar-refractivity contribution in [2.75, 3.05) is 7.11 Å². The van der Waals surface area contributed by atoms with E-state index in [0.717, 1.165) is 55.0 Å². The minimum absolute atomic E-state index is 0.149. The Morgan fingerprint density at radius 3 is 2.70 bits per heavy atom. The fourth-order valence-electron chi connectivity index (χ4n) is 8.33. The molecule has 0 saturated heterocycles. The molecule has 4 heteroatoms. The summed E-state index contributed by atoms with van der Waals surface area (Å²) >= 11 is 0. The predicted molar refractivity (Wildman–Crippen MR) is 132 cm³/mol. The summed E-state index contributed by atoms with van der Waals surface area (Å²) in [6.07, 6.45) is 15.2. The van der Waals surface area contributed by atoms with Crippen molar-refractivity contribution in [1.82, 2.24) is 0 Å². The molecule has 33 heavy (non-hydrogen) atoms. The van der Waals surface area contributed by atoms with Crippen LogP contribution in [0.15, 0.2) is 47.1 Å². The maximum absolute atomic E-state index is 10.2. The third-order valence-corrected chi connectivity index (χ3v) is 10.1. The number of aliphatic hydroxyl groups excluding tert-OH is 1. The summed E-state index contributed by atoms with van der Waals surface area (Å²) in [5.41, 5.74) is 3.77. The number of methoxy groups -OCH3 is 1. The van der Waals surface area contributed by atoms with Crippen LogP contribution in [0.25, 0.3) is 6.08 Å². The molecule has 4 aliphatic carbocycles. The summed E-state index contributed by atoms with van der Waals surface area (Å²) < 4.78 is 5.49. The van der Waals surface area contributed by atoms with Crippen LogP contribution in [0.2, 0.25) is 0 Å². The standard InChI is InChI=1S/C29H39NO3/c1-28-16-14-21(31)18-20(28)9-10-22-23-11-12-25(29(23,2)17-15-24(22)28)26(30-32)13-8-19-6-4-5-7-27(19)33-3/h4-9,13,21-25,31-32H,10-12,14-18H2,1-3H3/b13-8+,30-26-/t21?,22-,23-,24-,25?,28-,29-/m0/s1. The number of allylic oxidation sites excluding steroid dienone is 2. The van der Waals surface area contributed by atoms with Gasteiger partial charge in [-0.05, 0) is 98.2 Å². The van der Waals surface area contributed by atoms with E-state index in [0.29, 0.717) is 11.8 Å². The maximum atomic E-state index is 10.2. The molecule has 2 N–H and O–H groups in total. The second kappa shape index (κ2) is 8.61. The highest BCUT2D eigenvalue weighted by Crippen LogP contribution is 2.66. The lowest BCUT2D eigenvalue weighted by molar-refractivity contribution is -0.0424. The Morgan fingerprint density at radius 1 is 1.09 bits per heavy atom. The van der Waals surface area contributed by atoms with Crippen LogP contribution in [0.3, 0.4) is 0 Å². The Morgan fingerprint density at radius 2 is 1.91 bits per heavy atom. The minimum Gasteiger partial charge on any atom is -0.496 e. The van der Waals surface area contributed by atoms with E-state index in [2.05, 4.69) is 25.1 Å². The van der Waals surface area contributed by atoms with E-state index in [1.165, 1.54) is 24.8 Å². The van der Waals surface area contributed by atoms with E-state index >= 15 is 0 Å². The highest BCUT2D eigenvalue weighted by molar-refractivity contribution is 6.00. The van der Waals surface area contributed by atoms with Gasteiger partial charge < -0.3 is 15.1 Å². The van der Waals surface area contributed by atoms with Gasteiger partial charge in [0.25, 0.3) is 0 Å². The summed E-state index contributed by atoms with van der Waals surface area (Å²) in [6.45, 7) is 4.94. The smallest absolute Gasteiger partial charge is 0.126 e. The molecule has 3 fully saturated rings. The van der Waals surface area contributed by atoms with Crippen LogP contribution in [0, 0.1) is 34.5 Å². The van der Waals surface area contributed by atoms with Gasteiger partial charge in [0, 0.05) is 11.5 Å². The van der Waals surface area contributed by atoms with Crippen molar-refractivity contribution in [2.45, 2.75) is 71.3 Å². The Kier molecular flexibility index (Phi) is 5.93. The van der Waals surface area contributed by atoms with Gasteiger partial charge in [0.1, 0.15) is 5.75 Å². The van der Waals surface area contributed by atoms with Crippen molar-refractivity contribution < 1.29 is 15.1 Å². The van der Waals surface area contributed by atoms with Crippen molar-refractivity contribution in [3.05, 3.63) is 47.6 Å². The van der Waals surface area contributed by atoms with Gasteiger partial charge in [0.15, 0.2) is 0 Å². The normalized spacial score (nSPS) is 40.7. The summed E-state index contributed by atoms with van der Waals surface area (Å²) in [7, 11) is 1.69. The van der Waals surface area contributed by atoms with E-state index in [9.17, 15) is 10.3 Å². The lowest BCUT2D eigenvalue weighted by atomic mass is 9.47. The van der Waals surface area contributed by atoms with Crippen molar-refractivity contribution in [3.63, 3.8) is 0 Å². The van der Waals surface area contributed by atoms with Crippen LogP contribution < -0.4 is 4.74 Å². The number of aliphatic hydroxyl groups is 1. The van der Waals surface area contributed by atoms with Gasteiger partial charge in [-0.2, -0.15) is 0 Å². The molecule has 3 saturated carbocycles. The maximum Gasteiger partial charge on any atom is 0.126 e. The molecule has 5 rings (SSSR count). The Labute approximate surface area is 198 Å². The molecule has 0 radical (unpaired) electrons. The number of hydrogen-bond acceptors (Lipinski definition) is 4. The number of benzene rings is 1. The van der Waals surface area contributed by atoms with E-state index in [-0.39, 0.29) is 22.9 Å². The molecule has 1 aromatic carbocycles. The largest absolute Gasteiger partial charge is 0.496 e. The van der Waals surface area contributed by atoms with Crippen molar-refractivity contribution in [3.8, 4) is 5.75 Å². The summed E-state index contributed by atoms with van der Waals surface area (Å²) in [6, 6.07) is 7.96. The zero-order valence-electron chi connectivity index (χ0n) is 20.3. The fraction of sp³-hybridized carbons (Fsp3) is 0.621. The number of hydrogen-bond donors (Lipinski definition) is 2. The predicted octanol–water partition coefficient (Wildman–Crippen LogP) is 6.48. The van der Waals surface area contributed by atoms with E-state index in [4.69, 9.17) is 4.74 Å². The Bertz CT molecular complexity index is 981. The van der Waals surface area contributed by atoms with Gasteiger partial charge in [-0.15, -0.1) is 0 Å². The molecule has 0 amide bonds. The topological polar surface area (TPSA) is 62.0 Å². The highest BCUT2D eigenvalue weighted by Gasteiger charge is 2.59. The number of nitrogens with zero attached hydrogens (tertiary/aromatic N) is 1. The number of fused-ring (bicyclic) bond motifs is 5. The van der Waals surface area contributed by atoms with E-state index < -0.39 is 0 Å². The molecule has 1 aromatic rings. The number of ether oxygens (including phenoxy) is 1. The molecule has 7 atom stereocenters. The quantitative estimate of drug-likeness (QED) is 0.239. The van der Waals surface area contributed by atoms with E-state index in [1.807, 2.05) is 36.4 Å². The van der Waals surface area contributed by atoms with Gasteiger partial charge in [0.05, 0.1) is 18.9 Å². The lowest BCUT2D eigenvalue weighted by Gasteiger charge is -2.58. The average molecular weight is 450 g/mol. The van der Waals surface area contributed by atoms with Crippen LogP contribution >= 0.6 is 0 Å². The third kappa shape index (κ3) is 3.65. The zero-order valence-corrected chi connectivity index (χ0v) is 20.3. The Balaban J connectivity index is 1.39. The molecular weight excluding hydrogens is 410 g/mol. The van der Waals surface area contributed by atoms with Gasteiger partial charge in [-0.3, -0.25) is 0 Å². The van der Waals surface area contributed by atoms with Gasteiger partial charge in [-0.1, -0.05) is 48.9 Å². The van der Waals surface area contributed by atoms with E-state index in [1.54, 1.807) is 7.11 Å². The molecule has 0 heterocycles. The summed E-state index contributed by atoms with van der Waals surface area (Å²) in [5, 5.41) is 24.1. The third-order valence-electron chi connectivity index (χ3n) is 10.1. The molecule has 0 aliphatic heterocycles. The van der Waals surface area contributed by atoms with Crippen molar-refractivity contribution in [2.24, 2.45) is 39.7 Å². The first-order valence-electron chi connectivity index (χ1n) is 12.8. The van der Waals surface area contributed by atoms with Crippen LogP contribution in [0.4, 0.5) is 0 Å². The number of para-hydroxylation sites is 1. The first-order chi connectivity index (χ1) is 15.9. The number of rotatable bonds is 4. The summed E-state index contributed by atoms with van der Waals surface area (Å²) in [5.74, 6) is 3.21. The Hall–Kier alpha value is -2.07. The minimum atomic E-state index is -0.149. The summed E-state index contributed by atoms with van der Waals surface area (Å²) in [4.78, 5) is 0. The van der Waals surface area contributed by atoms with Crippen LogP contribution in [0.5, 0.6) is 5.75 Å². The molecule has 178 valence electrons. The monoisotopic (exact) mass is 449 g/mol. The molecule has 0 bridgehead atoms. The SMILES string of the molecule is COc1ccccc1/C=C/C(=N/O)C1CC[C@H]2[C@@H]3CC=C4CC(O)CC[C@]4(C)[C@H]3CC[C@]12C. The molecular formula is C29H39NO3. The first kappa shape index (κ1) is 22.7. The van der Waals surface area contributed by atoms with Crippen molar-refractivity contribution >= 4 is 11.8 Å². The van der Waals surface area contributed by atoms with Crippen LogP contribution in [-0.4, -0.2) is 29.2 Å². The second-order valence-electron chi connectivity index (χ2n) is 11.4. The molecule has 0 aromatic heterocycles. The van der Waals surface area contributed by atoms with Gasteiger partial charge in [-0.25, -0.2) is 0 Å². The fourth-order valence-corrected chi connectivity index (χ4v) is 8.33. The molecule has 0 spiro atoms. The number of oxime groups is 1. The molecule has 4 aliphatic rings. The lowest BCUT2D eigenvalue weighted by Crippen LogP contribution is -2.51. The molecule has 4 nitrogen and oxygen atoms in total. The second-order valence-corrected chi connectivity index (χ2v) is 11.4. The van der Waals surface area contributed by atoms with Gasteiger partial charge in [0.2, 0.25) is 0 Å². The highest BCUT2D eigenvalue weighted by atomic mass is 16.5. The zero-order chi connectivity index (χ0) is 23.2. The van der Waals surface area contributed by atoms with Gasteiger partial charge >= 0.3 is 0 Å². The molecule has 2 unspecified atom stereocenters.